The van der Waals surface area contributed by atoms with E-state index in [2.05, 4.69) is 5.32 Å². The molecule has 0 saturated carbocycles. The number of rotatable bonds is 5. The second-order valence-corrected chi connectivity index (χ2v) is 4.79. The molecule has 0 aromatic heterocycles. The number of hydrogen-bond acceptors (Lipinski definition) is 2. The van der Waals surface area contributed by atoms with Crippen LogP contribution in [0.1, 0.15) is 11.1 Å². The van der Waals surface area contributed by atoms with E-state index in [4.69, 9.17) is 16.7 Å². The average Bonchev–Trinajstić information content (AvgIpc) is 2.36. The van der Waals surface area contributed by atoms with Crippen LogP contribution in [0.15, 0.2) is 42.5 Å². The van der Waals surface area contributed by atoms with Gasteiger partial charge in [-0.25, -0.2) is 4.39 Å². The zero-order valence-electron chi connectivity index (χ0n) is 10.6. The molecule has 20 heavy (non-hydrogen) atoms. The quantitative estimate of drug-likeness (QED) is 0.883. The highest BCUT2D eigenvalue weighted by molar-refractivity contribution is 6.30. The first kappa shape index (κ1) is 14.3. The average molecular weight is 294 g/mol. The number of carboxylic acids is 1. The Morgan fingerprint density at radius 1 is 1.20 bits per heavy atom. The van der Waals surface area contributed by atoms with Crippen LogP contribution in [-0.4, -0.2) is 11.1 Å². The van der Waals surface area contributed by atoms with Gasteiger partial charge >= 0.3 is 5.97 Å². The summed E-state index contributed by atoms with van der Waals surface area (Å²) in [5.41, 5.74) is 2.14. The van der Waals surface area contributed by atoms with E-state index >= 15 is 0 Å². The molecule has 0 amide bonds. The van der Waals surface area contributed by atoms with Crippen LogP contribution in [0.4, 0.5) is 10.1 Å². The molecule has 0 aliphatic carbocycles. The first-order valence-corrected chi connectivity index (χ1v) is 6.41. The van der Waals surface area contributed by atoms with Crippen LogP contribution in [0.25, 0.3) is 0 Å². The van der Waals surface area contributed by atoms with Crippen molar-refractivity contribution in [2.45, 2.75) is 13.0 Å². The molecule has 3 nitrogen and oxygen atoms in total. The van der Waals surface area contributed by atoms with Crippen LogP contribution in [-0.2, 0) is 17.8 Å². The van der Waals surface area contributed by atoms with Gasteiger partial charge in [-0.3, -0.25) is 4.79 Å². The topological polar surface area (TPSA) is 49.3 Å². The van der Waals surface area contributed by atoms with Gasteiger partial charge in [-0.1, -0.05) is 35.9 Å². The molecule has 5 heteroatoms. The molecule has 2 rings (SSSR count). The SMILES string of the molecule is O=C(O)Cc1ccccc1CNc1cc(F)cc(Cl)c1. The molecule has 0 bridgehead atoms. The fourth-order valence-electron chi connectivity index (χ4n) is 1.92. The predicted octanol–water partition coefficient (Wildman–Crippen LogP) is 3.72. The molecule has 2 aromatic rings. The van der Waals surface area contributed by atoms with Gasteiger partial charge in [0.05, 0.1) is 6.42 Å². The van der Waals surface area contributed by atoms with Gasteiger partial charge in [-0.05, 0) is 29.3 Å². The lowest BCUT2D eigenvalue weighted by Crippen LogP contribution is -2.07. The number of carbonyl (C=O) groups is 1. The molecule has 0 spiro atoms. The maximum Gasteiger partial charge on any atom is 0.307 e. The summed E-state index contributed by atoms with van der Waals surface area (Å²) in [4.78, 5) is 10.8. The summed E-state index contributed by atoms with van der Waals surface area (Å²) in [5, 5.41) is 12.2. The van der Waals surface area contributed by atoms with Crippen LogP contribution in [0.5, 0.6) is 0 Å². The van der Waals surface area contributed by atoms with Gasteiger partial charge in [0.1, 0.15) is 5.82 Å². The maximum absolute atomic E-state index is 13.2. The summed E-state index contributed by atoms with van der Waals surface area (Å²) < 4.78 is 13.2. The summed E-state index contributed by atoms with van der Waals surface area (Å²) in [5.74, 6) is -1.30. The molecular formula is C15H13ClFNO2. The van der Waals surface area contributed by atoms with Gasteiger partial charge in [0.2, 0.25) is 0 Å². The molecule has 0 radical (unpaired) electrons. The molecule has 0 heterocycles. The molecule has 104 valence electrons. The normalized spacial score (nSPS) is 10.3. The molecule has 0 aliphatic rings. The largest absolute Gasteiger partial charge is 0.481 e. The highest BCUT2D eigenvalue weighted by Gasteiger charge is 2.06. The Balaban J connectivity index is 2.12. The molecule has 2 aromatic carbocycles. The number of anilines is 1. The van der Waals surface area contributed by atoms with E-state index < -0.39 is 11.8 Å². The van der Waals surface area contributed by atoms with E-state index in [1.807, 2.05) is 12.1 Å². The first-order chi connectivity index (χ1) is 9.54. The van der Waals surface area contributed by atoms with Crippen molar-refractivity contribution < 1.29 is 14.3 Å². The summed E-state index contributed by atoms with van der Waals surface area (Å²) in [6, 6.07) is 11.4. The molecule has 0 atom stereocenters. The van der Waals surface area contributed by atoms with Gasteiger partial charge in [0.25, 0.3) is 0 Å². The Labute approximate surface area is 121 Å². The van der Waals surface area contributed by atoms with Crippen LogP contribution in [0, 0.1) is 5.82 Å². The monoisotopic (exact) mass is 293 g/mol. The van der Waals surface area contributed by atoms with E-state index in [1.165, 1.54) is 12.1 Å². The van der Waals surface area contributed by atoms with Gasteiger partial charge in [0.15, 0.2) is 0 Å². The van der Waals surface area contributed by atoms with Crippen molar-refractivity contribution in [1.82, 2.24) is 0 Å². The Kier molecular flexibility index (Phi) is 4.58. The van der Waals surface area contributed by atoms with Crippen molar-refractivity contribution in [2.24, 2.45) is 0 Å². The Bertz CT molecular complexity index is 611. The standard InChI is InChI=1S/C15H13ClFNO2/c16-12-6-13(17)8-14(7-12)18-9-11-4-2-1-3-10(11)5-15(19)20/h1-4,6-8,18H,5,9H2,(H,19,20). The molecule has 0 unspecified atom stereocenters. The third-order valence-electron chi connectivity index (χ3n) is 2.81. The van der Waals surface area contributed by atoms with Crippen molar-refractivity contribution in [1.29, 1.82) is 0 Å². The Morgan fingerprint density at radius 2 is 1.90 bits per heavy atom. The Hall–Kier alpha value is -2.07. The number of halogens is 2. The van der Waals surface area contributed by atoms with Gasteiger partial charge < -0.3 is 10.4 Å². The lowest BCUT2D eigenvalue weighted by atomic mass is 10.0. The fourth-order valence-corrected chi connectivity index (χ4v) is 2.14. The molecule has 0 saturated heterocycles. The minimum atomic E-state index is -0.883. The van der Waals surface area contributed by atoms with Crippen molar-refractivity contribution in [2.75, 3.05) is 5.32 Å². The number of hydrogen-bond donors (Lipinski definition) is 2. The molecule has 0 aliphatic heterocycles. The van der Waals surface area contributed by atoms with Gasteiger partial charge in [0, 0.05) is 17.3 Å². The zero-order valence-corrected chi connectivity index (χ0v) is 11.3. The van der Waals surface area contributed by atoms with Crippen LogP contribution in [0.3, 0.4) is 0 Å². The predicted molar refractivity (Wildman–Crippen MR) is 76.5 cm³/mol. The van der Waals surface area contributed by atoms with E-state index in [0.717, 1.165) is 11.1 Å². The van der Waals surface area contributed by atoms with Crippen molar-refractivity contribution in [3.8, 4) is 0 Å². The smallest absolute Gasteiger partial charge is 0.307 e. The minimum Gasteiger partial charge on any atom is -0.481 e. The van der Waals surface area contributed by atoms with Crippen molar-refractivity contribution in [3.63, 3.8) is 0 Å². The summed E-state index contributed by atoms with van der Waals surface area (Å²) >= 11 is 5.77. The van der Waals surface area contributed by atoms with E-state index in [1.54, 1.807) is 18.2 Å². The second kappa shape index (κ2) is 6.39. The minimum absolute atomic E-state index is 0.0399. The summed E-state index contributed by atoms with van der Waals surface area (Å²) in [6.45, 7) is 0.406. The van der Waals surface area contributed by atoms with Gasteiger partial charge in [-0.2, -0.15) is 0 Å². The summed E-state index contributed by atoms with van der Waals surface area (Å²) in [6.07, 6.45) is -0.0399. The van der Waals surface area contributed by atoms with E-state index in [0.29, 0.717) is 17.3 Å². The molecule has 0 fully saturated rings. The second-order valence-electron chi connectivity index (χ2n) is 4.35. The highest BCUT2D eigenvalue weighted by atomic mass is 35.5. The highest BCUT2D eigenvalue weighted by Crippen LogP contribution is 2.19. The van der Waals surface area contributed by atoms with Crippen molar-refractivity contribution >= 4 is 23.3 Å². The van der Waals surface area contributed by atoms with E-state index in [-0.39, 0.29) is 6.42 Å². The van der Waals surface area contributed by atoms with Crippen LogP contribution < -0.4 is 5.32 Å². The number of benzene rings is 2. The Morgan fingerprint density at radius 3 is 2.55 bits per heavy atom. The van der Waals surface area contributed by atoms with Gasteiger partial charge in [-0.15, -0.1) is 0 Å². The summed E-state index contributed by atoms with van der Waals surface area (Å²) in [7, 11) is 0. The molecule has 2 N–H and O–H groups in total. The third kappa shape index (κ3) is 3.96. The number of nitrogens with one attached hydrogen (secondary N) is 1. The fraction of sp³-hybridized carbons (Fsp3) is 0.133. The third-order valence-corrected chi connectivity index (χ3v) is 3.02. The maximum atomic E-state index is 13.2. The number of aliphatic carboxylic acids is 1. The molecular weight excluding hydrogens is 281 g/mol. The zero-order chi connectivity index (χ0) is 14.5. The van der Waals surface area contributed by atoms with Crippen LogP contribution >= 0.6 is 11.6 Å². The van der Waals surface area contributed by atoms with Crippen LogP contribution in [0.2, 0.25) is 5.02 Å². The first-order valence-electron chi connectivity index (χ1n) is 6.03. The number of carboxylic acid groups (broad SMARTS) is 1. The lowest BCUT2D eigenvalue weighted by molar-refractivity contribution is -0.136. The van der Waals surface area contributed by atoms with E-state index in [9.17, 15) is 9.18 Å². The van der Waals surface area contributed by atoms with Crippen molar-refractivity contribution in [3.05, 3.63) is 64.4 Å². The lowest BCUT2D eigenvalue weighted by Gasteiger charge is -2.10.